The highest BCUT2D eigenvalue weighted by molar-refractivity contribution is 5.76. The molecule has 0 aromatic heterocycles. The van der Waals surface area contributed by atoms with Gasteiger partial charge in [-0.3, -0.25) is 4.79 Å². The van der Waals surface area contributed by atoms with Gasteiger partial charge in [-0.05, 0) is 37.1 Å². The molecule has 1 aromatic rings. The van der Waals surface area contributed by atoms with E-state index in [4.69, 9.17) is 9.47 Å². The number of piperidine rings is 1. The molecule has 6 heteroatoms. The Morgan fingerprint density at radius 3 is 2.31 bits per heavy atom. The van der Waals surface area contributed by atoms with Crippen molar-refractivity contribution in [1.29, 1.82) is 0 Å². The van der Waals surface area contributed by atoms with Crippen molar-refractivity contribution in [2.24, 2.45) is 0 Å². The number of nitrogens with zero attached hydrogens (tertiary/aromatic N) is 2. The minimum Gasteiger partial charge on any atom is -0.385 e. The molecule has 1 aromatic carbocycles. The lowest BCUT2D eigenvalue weighted by Gasteiger charge is -2.37. The maximum Gasteiger partial charge on any atom is 0.224 e. The summed E-state index contributed by atoms with van der Waals surface area (Å²) >= 11 is 0. The van der Waals surface area contributed by atoms with Crippen LogP contribution in [0.2, 0.25) is 0 Å². The fraction of sp³-hybridized carbons (Fsp3) is 0.650. The molecule has 1 amide bonds. The Morgan fingerprint density at radius 2 is 1.65 bits per heavy atom. The molecular weight excluding hydrogens is 330 g/mol. The van der Waals surface area contributed by atoms with E-state index < -0.39 is 5.79 Å². The highest BCUT2D eigenvalue weighted by Crippen LogP contribution is 2.31. The molecule has 4 rings (SSSR count). The van der Waals surface area contributed by atoms with Crippen LogP contribution in [-0.4, -0.2) is 62.5 Å². The lowest BCUT2D eigenvalue weighted by atomic mass is 10.0. The van der Waals surface area contributed by atoms with Crippen LogP contribution in [0.3, 0.4) is 0 Å². The van der Waals surface area contributed by atoms with Crippen LogP contribution in [0.25, 0.3) is 0 Å². The van der Waals surface area contributed by atoms with Crippen molar-refractivity contribution < 1.29 is 14.3 Å². The zero-order chi connectivity index (χ0) is 17.8. The average molecular weight is 359 g/mol. The number of carbonyl (C=O) groups is 1. The molecule has 1 spiro atoms. The van der Waals surface area contributed by atoms with Gasteiger partial charge in [0.2, 0.25) is 5.91 Å². The van der Waals surface area contributed by atoms with E-state index in [1.807, 2.05) is 4.90 Å². The maximum atomic E-state index is 12.4. The second-order valence-electron chi connectivity index (χ2n) is 7.41. The number of anilines is 2. The fourth-order valence-corrected chi connectivity index (χ4v) is 4.12. The number of benzene rings is 1. The first-order chi connectivity index (χ1) is 12.7. The van der Waals surface area contributed by atoms with Crippen molar-refractivity contribution in [3.8, 4) is 0 Å². The Kier molecular flexibility index (Phi) is 5.31. The highest BCUT2D eigenvalue weighted by Gasteiger charge is 2.40. The largest absolute Gasteiger partial charge is 0.385 e. The SMILES string of the molecule is O=C(CCNc1ccc(N2CCCC2)cc1)N1CCC2(CC1)OCCO2. The summed E-state index contributed by atoms with van der Waals surface area (Å²) in [4.78, 5) is 16.8. The number of carbonyl (C=O) groups excluding carboxylic acids is 1. The third kappa shape index (κ3) is 3.96. The van der Waals surface area contributed by atoms with Crippen LogP contribution in [-0.2, 0) is 14.3 Å². The first-order valence-electron chi connectivity index (χ1n) is 9.89. The lowest BCUT2D eigenvalue weighted by Crippen LogP contribution is -2.47. The molecule has 3 aliphatic heterocycles. The van der Waals surface area contributed by atoms with Crippen LogP contribution in [0.15, 0.2) is 24.3 Å². The van der Waals surface area contributed by atoms with Crippen LogP contribution >= 0.6 is 0 Å². The summed E-state index contributed by atoms with van der Waals surface area (Å²) in [5.41, 5.74) is 2.37. The standard InChI is InChI=1S/C20H29N3O3/c24-19(23-13-8-20(9-14-23)25-15-16-26-20)7-10-21-17-3-5-18(6-4-17)22-11-1-2-12-22/h3-6,21H,1-2,7-16H2. The summed E-state index contributed by atoms with van der Waals surface area (Å²) in [6.07, 6.45) is 4.66. The number of ether oxygens (including phenoxy) is 2. The second kappa shape index (κ2) is 7.84. The second-order valence-corrected chi connectivity index (χ2v) is 7.41. The van der Waals surface area contributed by atoms with Gasteiger partial charge in [-0.25, -0.2) is 0 Å². The van der Waals surface area contributed by atoms with Gasteiger partial charge in [-0.1, -0.05) is 0 Å². The minimum atomic E-state index is -0.411. The number of likely N-dealkylation sites (tertiary alicyclic amines) is 1. The summed E-state index contributed by atoms with van der Waals surface area (Å²) in [5, 5.41) is 3.37. The van der Waals surface area contributed by atoms with Gasteiger partial charge in [0.25, 0.3) is 0 Å². The van der Waals surface area contributed by atoms with E-state index in [0.717, 1.165) is 44.7 Å². The molecule has 26 heavy (non-hydrogen) atoms. The predicted molar refractivity (Wildman–Crippen MR) is 101 cm³/mol. The van der Waals surface area contributed by atoms with Gasteiger partial charge >= 0.3 is 0 Å². The molecular formula is C20H29N3O3. The molecule has 0 radical (unpaired) electrons. The predicted octanol–water partition coefficient (Wildman–Crippen LogP) is 2.45. The van der Waals surface area contributed by atoms with E-state index in [1.165, 1.54) is 18.5 Å². The molecule has 0 aliphatic carbocycles. The minimum absolute atomic E-state index is 0.207. The quantitative estimate of drug-likeness (QED) is 0.875. The third-order valence-corrected chi connectivity index (χ3v) is 5.70. The van der Waals surface area contributed by atoms with Crippen LogP contribution in [0.4, 0.5) is 11.4 Å². The smallest absolute Gasteiger partial charge is 0.224 e. The average Bonchev–Trinajstić information content (AvgIpc) is 3.36. The monoisotopic (exact) mass is 359 g/mol. The van der Waals surface area contributed by atoms with Gasteiger partial charge in [0.05, 0.1) is 13.2 Å². The normalized spacial score (nSPS) is 22.2. The summed E-state index contributed by atoms with van der Waals surface area (Å²) in [7, 11) is 0. The van der Waals surface area contributed by atoms with Crippen LogP contribution in [0.1, 0.15) is 32.1 Å². The highest BCUT2D eigenvalue weighted by atomic mass is 16.7. The van der Waals surface area contributed by atoms with Gasteiger partial charge in [-0.2, -0.15) is 0 Å². The zero-order valence-corrected chi connectivity index (χ0v) is 15.4. The van der Waals surface area contributed by atoms with E-state index in [-0.39, 0.29) is 5.91 Å². The first-order valence-corrected chi connectivity index (χ1v) is 9.89. The Hall–Kier alpha value is -1.79. The van der Waals surface area contributed by atoms with Crippen molar-refractivity contribution in [2.45, 2.75) is 37.9 Å². The molecule has 0 bridgehead atoms. The van der Waals surface area contributed by atoms with Crippen molar-refractivity contribution in [3.63, 3.8) is 0 Å². The van der Waals surface area contributed by atoms with Gasteiger partial charge in [0.1, 0.15) is 0 Å². The van der Waals surface area contributed by atoms with Crippen LogP contribution < -0.4 is 10.2 Å². The molecule has 0 saturated carbocycles. The fourth-order valence-electron chi connectivity index (χ4n) is 4.12. The Bertz CT molecular complexity index is 597. The summed E-state index contributed by atoms with van der Waals surface area (Å²) in [6, 6.07) is 8.55. The summed E-state index contributed by atoms with van der Waals surface area (Å²) < 4.78 is 11.4. The Labute approximate surface area is 155 Å². The summed E-state index contributed by atoms with van der Waals surface area (Å²) in [5.74, 6) is -0.203. The topological polar surface area (TPSA) is 54.0 Å². The van der Waals surface area contributed by atoms with Crippen molar-refractivity contribution in [3.05, 3.63) is 24.3 Å². The molecule has 1 N–H and O–H groups in total. The van der Waals surface area contributed by atoms with Gasteiger partial charge in [0.15, 0.2) is 5.79 Å². The Balaban J connectivity index is 1.19. The van der Waals surface area contributed by atoms with Crippen LogP contribution in [0.5, 0.6) is 0 Å². The molecule has 3 heterocycles. The first kappa shape index (κ1) is 17.6. The molecule has 0 unspecified atom stereocenters. The molecule has 0 atom stereocenters. The van der Waals surface area contributed by atoms with Gasteiger partial charge in [-0.15, -0.1) is 0 Å². The maximum absolute atomic E-state index is 12.4. The van der Waals surface area contributed by atoms with E-state index in [0.29, 0.717) is 26.2 Å². The van der Waals surface area contributed by atoms with Crippen molar-refractivity contribution >= 4 is 17.3 Å². The molecule has 3 aliphatic rings. The molecule has 3 saturated heterocycles. The van der Waals surface area contributed by atoms with Gasteiger partial charge in [0, 0.05) is 63.4 Å². The Morgan fingerprint density at radius 1 is 1.00 bits per heavy atom. The third-order valence-electron chi connectivity index (χ3n) is 5.70. The van der Waals surface area contributed by atoms with Crippen LogP contribution in [0, 0.1) is 0 Å². The zero-order valence-electron chi connectivity index (χ0n) is 15.4. The molecule has 142 valence electrons. The number of hydrogen-bond acceptors (Lipinski definition) is 5. The molecule has 3 fully saturated rings. The van der Waals surface area contributed by atoms with Crippen molar-refractivity contribution in [2.75, 3.05) is 56.2 Å². The number of amides is 1. The molecule has 6 nitrogen and oxygen atoms in total. The lowest BCUT2D eigenvalue weighted by molar-refractivity contribution is -0.187. The van der Waals surface area contributed by atoms with E-state index in [9.17, 15) is 4.79 Å². The number of hydrogen-bond donors (Lipinski definition) is 1. The number of nitrogens with one attached hydrogen (secondary N) is 1. The van der Waals surface area contributed by atoms with E-state index >= 15 is 0 Å². The van der Waals surface area contributed by atoms with Crippen molar-refractivity contribution in [1.82, 2.24) is 4.90 Å². The van der Waals surface area contributed by atoms with Gasteiger partial charge < -0.3 is 24.6 Å². The number of rotatable bonds is 5. The van der Waals surface area contributed by atoms with E-state index in [2.05, 4.69) is 34.5 Å². The summed E-state index contributed by atoms with van der Waals surface area (Å²) in [6.45, 7) is 5.79. The van der Waals surface area contributed by atoms with E-state index in [1.54, 1.807) is 0 Å².